The molecule has 1 N–H and O–H groups in total. The third-order valence-electron chi connectivity index (χ3n) is 4.30. The van der Waals surface area contributed by atoms with Crippen LogP contribution in [0.3, 0.4) is 0 Å². The van der Waals surface area contributed by atoms with Gasteiger partial charge < -0.3 is 10.1 Å². The van der Waals surface area contributed by atoms with E-state index in [0.29, 0.717) is 12.2 Å². The van der Waals surface area contributed by atoms with Gasteiger partial charge in [0.25, 0.3) is 5.91 Å². The van der Waals surface area contributed by atoms with Crippen LogP contribution in [-0.4, -0.2) is 33.8 Å². The number of hydrogen-bond acceptors (Lipinski definition) is 4. The molecule has 3 rings (SSSR count). The summed E-state index contributed by atoms with van der Waals surface area (Å²) in [6, 6.07) is 8.21. The summed E-state index contributed by atoms with van der Waals surface area (Å²) in [5, 5.41) is 7.37. The molecule has 7 heteroatoms. The van der Waals surface area contributed by atoms with Crippen molar-refractivity contribution in [3.05, 3.63) is 51.8 Å². The first kappa shape index (κ1) is 18.5. The third-order valence-corrected chi connectivity index (χ3v) is 4.68. The Labute approximate surface area is 157 Å². The zero-order valence-electron chi connectivity index (χ0n) is 15.1. The van der Waals surface area contributed by atoms with E-state index in [9.17, 15) is 9.59 Å². The van der Waals surface area contributed by atoms with Gasteiger partial charge >= 0.3 is 5.97 Å². The molecule has 1 aliphatic carbocycles. The lowest BCUT2D eigenvalue weighted by Crippen LogP contribution is -2.37. The molecule has 1 aromatic heterocycles. The summed E-state index contributed by atoms with van der Waals surface area (Å²) in [5.41, 5.74) is 2.86. The second-order valence-corrected chi connectivity index (χ2v) is 7.08. The fourth-order valence-corrected chi connectivity index (χ4v) is 2.89. The van der Waals surface area contributed by atoms with E-state index >= 15 is 0 Å². The quantitative estimate of drug-likeness (QED) is 0.787. The zero-order chi connectivity index (χ0) is 18.8. The van der Waals surface area contributed by atoms with E-state index in [4.69, 9.17) is 16.3 Å². The Balaban J connectivity index is 1.70. The second-order valence-electron chi connectivity index (χ2n) is 6.72. The number of aromatic nitrogens is 2. The first-order chi connectivity index (χ1) is 12.3. The molecular formula is C19H22ClN3O3. The third kappa shape index (κ3) is 4.25. The molecule has 0 spiro atoms. The van der Waals surface area contributed by atoms with Gasteiger partial charge in [0.2, 0.25) is 0 Å². The molecule has 1 fully saturated rings. The summed E-state index contributed by atoms with van der Waals surface area (Å²) in [7, 11) is 0. The summed E-state index contributed by atoms with van der Waals surface area (Å²) in [6.45, 7) is 5.72. The van der Waals surface area contributed by atoms with Gasteiger partial charge in [-0.3, -0.25) is 4.79 Å². The molecule has 1 aromatic carbocycles. The molecule has 1 aliphatic rings. The minimum Gasteiger partial charge on any atom is -0.449 e. The van der Waals surface area contributed by atoms with Crippen LogP contribution < -0.4 is 5.32 Å². The van der Waals surface area contributed by atoms with Gasteiger partial charge in [-0.05, 0) is 39.2 Å². The van der Waals surface area contributed by atoms with E-state index < -0.39 is 12.1 Å². The highest BCUT2D eigenvalue weighted by Gasteiger charge is 2.29. The van der Waals surface area contributed by atoms with Crippen molar-refractivity contribution >= 4 is 23.5 Å². The Hall–Kier alpha value is -2.34. The van der Waals surface area contributed by atoms with Gasteiger partial charge in [0.05, 0.1) is 12.2 Å². The van der Waals surface area contributed by atoms with Crippen molar-refractivity contribution in [2.24, 2.45) is 0 Å². The van der Waals surface area contributed by atoms with Crippen LogP contribution in [0.4, 0.5) is 0 Å². The van der Waals surface area contributed by atoms with Crippen LogP contribution in [0.1, 0.15) is 46.9 Å². The molecule has 6 nitrogen and oxygen atoms in total. The topological polar surface area (TPSA) is 73.2 Å². The van der Waals surface area contributed by atoms with Crippen molar-refractivity contribution in [2.75, 3.05) is 0 Å². The Morgan fingerprint density at radius 1 is 1.31 bits per heavy atom. The van der Waals surface area contributed by atoms with Crippen LogP contribution in [0, 0.1) is 13.8 Å². The largest absolute Gasteiger partial charge is 0.449 e. The fourth-order valence-electron chi connectivity index (χ4n) is 2.58. The summed E-state index contributed by atoms with van der Waals surface area (Å²) in [4.78, 5) is 24.4. The van der Waals surface area contributed by atoms with E-state index in [1.807, 2.05) is 31.2 Å². The first-order valence-corrected chi connectivity index (χ1v) is 9.02. The normalized spacial score (nSPS) is 14.8. The van der Waals surface area contributed by atoms with Gasteiger partial charge in [-0.25, -0.2) is 9.48 Å². The van der Waals surface area contributed by atoms with E-state index in [1.165, 1.54) is 5.56 Å². The Bertz CT molecular complexity index is 825. The molecule has 1 saturated carbocycles. The highest BCUT2D eigenvalue weighted by atomic mass is 35.5. The predicted octanol–water partition coefficient (Wildman–Crippen LogP) is 3.03. The van der Waals surface area contributed by atoms with E-state index in [1.54, 1.807) is 18.5 Å². The van der Waals surface area contributed by atoms with Crippen LogP contribution >= 0.6 is 11.6 Å². The van der Waals surface area contributed by atoms with Crippen molar-refractivity contribution in [1.82, 2.24) is 15.1 Å². The molecular weight excluding hydrogens is 354 g/mol. The molecule has 0 radical (unpaired) electrons. The molecule has 1 atom stereocenters. The Morgan fingerprint density at radius 2 is 1.96 bits per heavy atom. The summed E-state index contributed by atoms with van der Waals surface area (Å²) in [5.74, 6) is -0.928. The van der Waals surface area contributed by atoms with Gasteiger partial charge in [-0.1, -0.05) is 41.4 Å². The first-order valence-electron chi connectivity index (χ1n) is 8.65. The minimum absolute atomic E-state index is 0.199. The monoisotopic (exact) mass is 375 g/mol. The maximum absolute atomic E-state index is 12.5. The SMILES string of the molecule is Cc1ccc(Cn2nc(C)c(C(=O)O[C@H](C)C(=O)NC3CC3)c2Cl)cc1. The lowest BCUT2D eigenvalue weighted by Gasteiger charge is -2.13. The molecule has 0 saturated heterocycles. The molecule has 2 aromatic rings. The fraction of sp³-hybridized carbons (Fsp3) is 0.421. The number of esters is 1. The Kier molecular flexibility index (Phi) is 5.32. The molecule has 26 heavy (non-hydrogen) atoms. The van der Waals surface area contributed by atoms with Crippen molar-refractivity contribution < 1.29 is 14.3 Å². The van der Waals surface area contributed by atoms with Crippen molar-refractivity contribution in [3.8, 4) is 0 Å². The van der Waals surface area contributed by atoms with E-state index in [0.717, 1.165) is 18.4 Å². The van der Waals surface area contributed by atoms with Crippen molar-refractivity contribution in [3.63, 3.8) is 0 Å². The number of rotatable bonds is 6. The maximum atomic E-state index is 12.5. The predicted molar refractivity (Wildman–Crippen MR) is 98.3 cm³/mol. The zero-order valence-corrected chi connectivity index (χ0v) is 15.8. The van der Waals surface area contributed by atoms with E-state index in [-0.39, 0.29) is 22.7 Å². The molecule has 1 amide bonds. The standard InChI is InChI=1S/C19H22ClN3O3/c1-11-4-6-14(7-5-11)10-23-17(20)16(12(2)22-23)19(25)26-13(3)18(24)21-15-8-9-15/h4-7,13,15H,8-10H2,1-3H3,(H,21,24)/t13-/m1/s1. The molecule has 138 valence electrons. The number of benzene rings is 1. The highest BCUT2D eigenvalue weighted by molar-refractivity contribution is 6.32. The van der Waals surface area contributed by atoms with Crippen molar-refractivity contribution in [2.45, 2.75) is 52.3 Å². The average molecular weight is 376 g/mol. The Morgan fingerprint density at radius 3 is 2.58 bits per heavy atom. The van der Waals surface area contributed by atoms with Gasteiger partial charge in [-0.15, -0.1) is 0 Å². The molecule has 0 aliphatic heterocycles. The maximum Gasteiger partial charge on any atom is 0.343 e. The number of ether oxygens (including phenoxy) is 1. The smallest absolute Gasteiger partial charge is 0.343 e. The number of halogens is 1. The highest BCUT2D eigenvalue weighted by Crippen LogP contribution is 2.23. The van der Waals surface area contributed by atoms with Gasteiger partial charge in [0, 0.05) is 6.04 Å². The minimum atomic E-state index is -0.876. The number of carbonyl (C=O) groups excluding carboxylic acids is 2. The number of nitrogens with zero attached hydrogens (tertiary/aromatic N) is 2. The van der Waals surface area contributed by atoms with Gasteiger partial charge in [0.1, 0.15) is 10.7 Å². The number of nitrogens with one attached hydrogen (secondary N) is 1. The second kappa shape index (κ2) is 7.50. The lowest BCUT2D eigenvalue weighted by atomic mass is 10.1. The van der Waals surface area contributed by atoms with Gasteiger partial charge in [-0.2, -0.15) is 5.10 Å². The molecule has 1 heterocycles. The number of aryl methyl sites for hydroxylation is 2. The van der Waals surface area contributed by atoms with Crippen LogP contribution in [0.25, 0.3) is 0 Å². The van der Waals surface area contributed by atoms with Crippen LogP contribution in [0.15, 0.2) is 24.3 Å². The van der Waals surface area contributed by atoms with Crippen LogP contribution in [0.2, 0.25) is 5.15 Å². The number of carbonyl (C=O) groups is 2. The summed E-state index contributed by atoms with van der Waals surface area (Å²) >= 11 is 6.36. The van der Waals surface area contributed by atoms with Crippen LogP contribution in [-0.2, 0) is 16.1 Å². The summed E-state index contributed by atoms with van der Waals surface area (Å²) < 4.78 is 6.84. The average Bonchev–Trinajstić information content (AvgIpc) is 3.35. The van der Waals surface area contributed by atoms with Gasteiger partial charge in [0.15, 0.2) is 6.10 Å². The van der Waals surface area contributed by atoms with Crippen LogP contribution in [0.5, 0.6) is 0 Å². The lowest BCUT2D eigenvalue weighted by molar-refractivity contribution is -0.129. The molecule has 0 unspecified atom stereocenters. The number of amides is 1. The van der Waals surface area contributed by atoms with E-state index in [2.05, 4.69) is 10.4 Å². The summed E-state index contributed by atoms with van der Waals surface area (Å²) in [6.07, 6.45) is 1.07. The van der Waals surface area contributed by atoms with Crippen molar-refractivity contribution in [1.29, 1.82) is 0 Å². The number of hydrogen-bond donors (Lipinski definition) is 1. The molecule has 0 bridgehead atoms.